The molecule has 110 valence electrons. The van der Waals surface area contributed by atoms with Crippen molar-refractivity contribution in [2.45, 2.75) is 6.42 Å². The van der Waals surface area contributed by atoms with Crippen LogP contribution < -0.4 is 10.1 Å². The van der Waals surface area contributed by atoms with E-state index in [0.29, 0.717) is 5.75 Å². The second kappa shape index (κ2) is 6.21. The van der Waals surface area contributed by atoms with Gasteiger partial charge in [0.1, 0.15) is 11.7 Å². The van der Waals surface area contributed by atoms with E-state index in [0.717, 1.165) is 10.5 Å². The summed E-state index contributed by atoms with van der Waals surface area (Å²) in [5, 5.41) is 2.19. The Kier molecular flexibility index (Phi) is 4.37. The quantitative estimate of drug-likeness (QED) is 0.650. The molecule has 0 aliphatic carbocycles. The molecular formula is C15H16N2O4. The first-order valence-electron chi connectivity index (χ1n) is 6.47. The molecule has 1 atom stereocenters. The van der Waals surface area contributed by atoms with Crippen molar-refractivity contribution >= 4 is 17.8 Å². The Bertz CT molecular complexity index is 597. The number of para-hydroxylation sites is 1. The number of carbonyl (C=O) groups is 3. The Labute approximate surface area is 122 Å². The first-order valence-corrected chi connectivity index (χ1v) is 6.47. The SMILES string of the molecule is C=CCN1C(=O)NC(=O)[C@@H](Cc2ccccc2OC)C1=O. The number of hydrogen-bond acceptors (Lipinski definition) is 4. The summed E-state index contributed by atoms with van der Waals surface area (Å²) in [6.45, 7) is 3.57. The number of benzene rings is 1. The van der Waals surface area contributed by atoms with Crippen molar-refractivity contribution in [1.29, 1.82) is 0 Å². The van der Waals surface area contributed by atoms with Crippen molar-refractivity contribution in [2.75, 3.05) is 13.7 Å². The van der Waals surface area contributed by atoms with Gasteiger partial charge >= 0.3 is 6.03 Å². The fourth-order valence-corrected chi connectivity index (χ4v) is 2.23. The van der Waals surface area contributed by atoms with Crippen molar-refractivity contribution in [1.82, 2.24) is 10.2 Å². The molecule has 1 heterocycles. The minimum atomic E-state index is -0.945. The molecule has 1 saturated heterocycles. The second-order valence-electron chi connectivity index (χ2n) is 4.60. The van der Waals surface area contributed by atoms with Gasteiger partial charge in [-0.3, -0.25) is 19.8 Å². The lowest BCUT2D eigenvalue weighted by Gasteiger charge is -2.29. The minimum Gasteiger partial charge on any atom is -0.496 e. The lowest BCUT2D eigenvalue weighted by molar-refractivity contribution is -0.142. The predicted molar refractivity (Wildman–Crippen MR) is 75.6 cm³/mol. The number of barbiturate groups is 1. The highest BCUT2D eigenvalue weighted by molar-refractivity contribution is 6.16. The van der Waals surface area contributed by atoms with Gasteiger partial charge in [-0.2, -0.15) is 0 Å². The number of rotatable bonds is 5. The summed E-state index contributed by atoms with van der Waals surface area (Å²) in [4.78, 5) is 36.8. The number of carbonyl (C=O) groups excluding carboxylic acids is 3. The lowest BCUT2D eigenvalue weighted by atomic mass is 9.95. The maximum Gasteiger partial charge on any atom is 0.331 e. The second-order valence-corrected chi connectivity index (χ2v) is 4.60. The molecule has 0 spiro atoms. The van der Waals surface area contributed by atoms with Gasteiger partial charge in [-0.1, -0.05) is 24.3 Å². The van der Waals surface area contributed by atoms with Crippen LogP contribution in [0.3, 0.4) is 0 Å². The summed E-state index contributed by atoms with van der Waals surface area (Å²) in [5.41, 5.74) is 0.737. The number of hydrogen-bond donors (Lipinski definition) is 1. The Morgan fingerprint density at radius 3 is 2.71 bits per heavy atom. The average Bonchev–Trinajstić information content (AvgIpc) is 2.48. The first kappa shape index (κ1) is 14.8. The van der Waals surface area contributed by atoms with Crippen LogP contribution in [0, 0.1) is 5.92 Å². The highest BCUT2D eigenvalue weighted by atomic mass is 16.5. The zero-order valence-electron chi connectivity index (χ0n) is 11.7. The van der Waals surface area contributed by atoms with E-state index in [9.17, 15) is 14.4 Å². The van der Waals surface area contributed by atoms with Crippen molar-refractivity contribution in [3.05, 3.63) is 42.5 Å². The smallest absolute Gasteiger partial charge is 0.331 e. The fraction of sp³-hybridized carbons (Fsp3) is 0.267. The van der Waals surface area contributed by atoms with Crippen LogP contribution in [-0.4, -0.2) is 36.4 Å². The summed E-state index contributed by atoms with van der Waals surface area (Å²) in [5.74, 6) is -1.45. The standard InChI is InChI=1S/C15H16N2O4/c1-3-8-17-14(19)11(13(18)16-15(17)20)9-10-6-4-5-7-12(10)21-2/h3-7,11H,1,8-9H2,2H3,(H,16,18,20)/t11-/m1/s1. The zero-order chi connectivity index (χ0) is 15.4. The van der Waals surface area contributed by atoms with E-state index in [4.69, 9.17) is 4.74 Å². The van der Waals surface area contributed by atoms with E-state index in [1.54, 1.807) is 24.3 Å². The molecule has 1 N–H and O–H groups in total. The molecule has 0 unspecified atom stereocenters. The van der Waals surface area contributed by atoms with Gasteiger partial charge in [-0.25, -0.2) is 4.79 Å². The average molecular weight is 288 g/mol. The van der Waals surface area contributed by atoms with Crippen LogP contribution in [0.2, 0.25) is 0 Å². The fourth-order valence-electron chi connectivity index (χ4n) is 2.23. The number of ether oxygens (including phenoxy) is 1. The third kappa shape index (κ3) is 2.94. The molecule has 0 radical (unpaired) electrons. The van der Waals surface area contributed by atoms with Crippen molar-refractivity contribution < 1.29 is 19.1 Å². The molecule has 0 bridgehead atoms. The Morgan fingerprint density at radius 2 is 2.05 bits per heavy atom. The van der Waals surface area contributed by atoms with Crippen molar-refractivity contribution in [3.63, 3.8) is 0 Å². The summed E-state index contributed by atoms with van der Waals surface area (Å²) in [6.07, 6.45) is 1.61. The van der Waals surface area contributed by atoms with E-state index in [-0.39, 0.29) is 13.0 Å². The molecular weight excluding hydrogens is 272 g/mol. The van der Waals surface area contributed by atoms with E-state index >= 15 is 0 Å². The van der Waals surface area contributed by atoms with Crippen LogP contribution in [0.25, 0.3) is 0 Å². The third-order valence-corrected chi connectivity index (χ3v) is 3.28. The molecule has 6 nitrogen and oxygen atoms in total. The molecule has 4 amide bonds. The largest absolute Gasteiger partial charge is 0.496 e. The van der Waals surface area contributed by atoms with E-state index in [1.807, 2.05) is 0 Å². The van der Waals surface area contributed by atoms with Gasteiger partial charge in [0.2, 0.25) is 11.8 Å². The van der Waals surface area contributed by atoms with Gasteiger partial charge in [-0.05, 0) is 18.1 Å². The molecule has 21 heavy (non-hydrogen) atoms. The number of nitrogens with zero attached hydrogens (tertiary/aromatic N) is 1. The number of methoxy groups -OCH3 is 1. The number of urea groups is 1. The molecule has 0 aromatic heterocycles. The highest BCUT2D eigenvalue weighted by Crippen LogP contribution is 2.23. The molecule has 1 aromatic rings. The van der Waals surface area contributed by atoms with Crippen LogP contribution in [0.5, 0.6) is 5.75 Å². The van der Waals surface area contributed by atoms with Crippen LogP contribution in [-0.2, 0) is 16.0 Å². The topological polar surface area (TPSA) is 75.7 Å². The minimum absolute atomic E-state index is 0.0698. The van der Waals surface area contributed by atoms with Crippen molar-refractivity contribution in [2.24, 2.45) is 5.92 Å². The molecule has 0 saturated carbocycles. The normalized spacial score (nSPS) is 18.4. The first-order chi connectivity index (χ1) is 10.1. The third-order valence-electron chi connectivity index (χ3n) is 3.28. The van der Waals surface area contributed by atoms with Gasteiger partial charge in [0, 0.05) is 6.54 Å². The van der Waals surface area contributed by atoms with Crippen LogP contribution in [0.1, 0.15) is 5.56 Å². The van der Waals surface area contributed by atoms with Crippen LogP contribution >= 0.6 is 0 Å². The summed E-state index contributed by atoms with van der Waals surface area (Å²) in [6, 6.07) is 6.44. The Balaban J connectivity index is 2.25. The maximum absolute atomic E-state index is 12.3. The molecule has 6 heteroatoms. The molecule has 1 aliphatic rings. The predicted octanol–water partition coefficient (Wildman–Crippen LogP) is 1.12. The van der Waals surface area contributed by atoms with E-state index in [1.165, 1.54) is 13.2 Å². The van der Waals surface area contributed by atoms with Gasteiger partial charge in [0.15, 0.2) is 0 Å². The number of nitrogens with one attached hydrogen (secondary N) is 1. The lowest BCUT2D eigenvalue weighted by Crippen LogP contribution is -2.58. The van der Waals surface area contributed by atoms with Crippen LogP contribution in [0.4, 0.5) is 4.79 Å². The maximum atomic E-state index is 12.3. The van der Waals surface area contributed by atoms with Crippen molar-refractivity contribution in [3.8, 4) is 5.75 Å². The van der Waals surface area contributed by atoms with E-state index in [2.05, 4.69) is 11.9 Å². The van der Waals surface area contributed by atoms with Gasteiger partial charge in [-0.15, -0.1) is 6.58 Å². The summed E-state index contributed by atoms with van der Waals surface area (Å²) < 4.78 is 5.21. The number of imide groups is 2. The summed E-state index contributed by atoms with van der Waals surface area (Å²) >= 11 is 0. The Morgan fingerprint density at radius 1 is 1.33 bits per heavy atom. The molecule has 1 aliphatic heterocycles. The monoisotopic (exact) mass is 288 g/mol. The Hall–Kier alpha value is -2.63. The van der Waals surface area contributed by atoms with Gasteiger partial charge < -0.3 is 4.74 Å². The zero-order valence-corrected chi connectivity index (χ0v) is 11.7. The van der Waals surface area contributed by atoms with Gasteiger partial charge in [0.05, 0.1) is 7.11 Å². The van der Waals surface area contributed by atoms with Crippen LogP contribution in [0.15, 0.2) is 36.9 Å². The van der Waals surface area contributed by atoms with Gasteiger partial charge in [0.25, 0.3) is 0 Å². The molecule has 2 rings (SSSR count). The highest BCUT2D eigenvalue weighted by Gasteiger charge is 2.40. The molecule has 1 aromatic carbocycles. The van der Waals surface area contributed by atoms with E-state index < -0.39 is 23.8 Å². The summed E-state index contributed by atoms with van der Waals surface area (Å²) in [7, 11) is 1.52. The number of amides is 4. The molecule has 1 fully saturated rings.